The fourth-order valence-electron chi connectivity index (χ4n) is 2.39. The summed E-state index contributed by atoms with van der Waals surface area (Å²) in [6.45, 7) is -0.450. The van der Waals surface area contributed by atoms with E-state index < -0.39 is 18.5 Å². The second-order valence-corrected chi connectivity index (χ2v) is 6.69. The first-order valence-electron chi connectivity index (χ1n) is 8.43. The van der Waals surface area contributed by atoms with Gasteiger partial charge in [0.1, 0.15) is 5.82 Å². The van der Waals surface area contributed by atoms with Crippen molar-refractivity contribution in [2.45, 2.75) is 5.16 Å². The van der Waals surface area contributed by atoms with Gasteiger partial charge in [0.05, 0.1) is 23.1 Å². The zero-order valence-electron chi connectivity index (χ0n) is 15.0. The molecule has 3 rings (SSSR count). The molecule has 1 heterocycles. The van der Waals surface area contributed by atoms with Crippen molar-refractivity contribution in [3.63, 3.8) is 0 Å². The minimum atomic E-state index is -0.593. The van der Waals surface area contributed by atoms with E-state index in [0.717, 1.165) is 11.8 Å². The Bertz CT molecular complexity index is 1080. The molecule has 0 fully saturated rings. The molecule has 0 saturated heterocycles. The maximum absolute atomic E-state index is 13.4. The van der Waals surface area contributed by atoms with Gasteiger partial charge >= 0.3 is 5.97 Å². The van der Waals surface area contributed by atoms with E-state index in [-0.39, 0.29) is 11.6 Å². The number of halogens is 1. The summed E-state index contributed by atoms with van der Waals surface area (Å²) in [6.07, 6.45) is 3.20. The lowest BCUT2D eigenvalue weighted by Crippen LogP contribution is -2.21. The SMILES string of the molecule is N#Cc1cccc(NC(=O)COC(=O)CSc2nccn2-c2cccc(F)c2)c1. The van der Waals surface area contributed by atoms with E-state index in [4.69, 9.17) is 10.00 Å². The second-order valence-electron chi connectivity index (χ2n) is 5.75. The third-order valence-electron chi connectivity index (χ3n) is 3.65. The quantitative estimate of drug-likeness (QED) is 0.475. The summed E-state index contributed by atoms with van der Waals surface area (Å²) in [6, 6.07) is 14.4. The van der Waals surface area contributed by atoms with E-state index >= 15 is 0 Å². The fraction of sp³-hybridized carbons (Fsp3) is 0.100. The number of benzene rings is 2. The number of thioether (sulfide) groups is 1. The van der Waals surface area contributed by atoms with Gasteiger partial charge in [0, 0.05) is 18.1 Å². The molecule has 29 heavy (non-hydrogen) atoms. The summed E-state index contributed by atoms with van der Waals surface area (Å²) in [5.74, 6) is -1.55. The molecule has 0 saturated carbocycles. The summed E-state index contributed by atoms with van der Waals surface area (Å²) in [7, 11) is 0. The largest absolute Gasteiger partial charge is 0.455 e. The van der Waals surface area contributed by atoms with Crippen molar-refractivity contribution < 1.29 is 18.7 Å². The van der Waals surface area contributed by atoms with Crippen molar-refractivity contribution in [1.29, 1.82) is 5.26 Å². The van der Waals surface area contributed by atoms with Gasteiger partial charge in [-0.15, -0.1) is 0 Å². The lowest BCUT2D eigenvalue weighted by atomic mass is 10.2. The van der Waals surface area contributed by atoms with Crippen LogP contribution in [0.1, 0.15) is 5.56 Å². The molecule has 0 atom stereocenters. The zero-order valence-corrected chi connectivity index (χ0v) is 15.9. The maximum atomic E-state index is 13.4. The van der Waals surface area contributed by atoms with Gasteiger partial charge in [0.25, 0.3) is 5.91 Å². The molecule has 0 radical (unpaired) electrons. The molecule has 0 bridgehead atoms. The van der Waals surface area contributed by atoms with E-state index in [1.807, 2.05) is 6.07 Å². The van der Waals surface area contributed by atoms with Crippen LogP contribution in [-0.2, 0) is 14.3 Å². The number of imidazole rings is 1. The van der Waals surface area contributed by atoms with Crippen LogP contribution in [0.4, 0.5) is 10.1 Å². The highest BCUT2D eigenvalue weighted by molar-refractivity contribution is 7.99. The van der Waals surface area contributed by atoms with E-state index in [9.17, 15) is 14.0 Å². The molecule has 1 amide bonds. The summed E-state index contributed by atoms with van der Waals surface area (Å²) in [5, 5.41) is 11.9. The number of carbonyl (C=O) groups excluding carboxylic acids is 2. The van der Waals surface area contributed by atoms with Crippen molar-refractivity contribution in [3.8, 4) is 11.8 Å². The monoisotopic (exact) mass is 410 g/mol. The van der Waals surface area contributed by atoms with E-state index in [0.29, 0.717) is 22.1 Å². The Kier molecular flexibility index (Phi) is 6.60. The van der Waals surface area contributed by atoms with Gasteiger partial charge in [-0.2, -0.15) is 5.26 Å². The maximum Gasteiger partial charge on any atom is 0.316 e. The van der Waals surface area contributed by atoms with Crippen molar-refractivity contribution in [2.75, 3.05) is 17.7 Å². The van der Waals surface area contributed by atoms with Crippen molar-refractivity contribution in [3.05, 3.63) is 72.3 Å². The minimum Gasteiger partial charge on any atom is -0.455 e. The van der Waals surface area contributed by atoms with Gasteiger partial charge in [-0.25, -0.2) is 9.37 Å². The Morgan fingerprint density at radius 3 is 2.86 bits per heavy atom. The van der Waals surface area contributed by atoms with Gasteiger partial charge in [-0.3, -0.25) is 14.2 Å². The highest BCUT2D eigenvalue weighted by atomic mass is 32.2. The van der Waals surface area contributed by atoms with Crippen LogP contribution in [0.2, 0.25) is 0 Å². The molecule has 146 valence electrons. The molecule has 7 nitrogen and oxygen atoms in total. The highest BCUT2D eigenvalue weighted by Gasteiger charge is 2.12. The summed E-state index contributed by atoms with van der Waals surface area (Å²) in [5.41, 5.74) is 1.43. The van der Waals surface area contributed by atoms with Crippen molar-refractivity contribution >= 4 is 29.3 Å². The van der Waals surface area contributed by atoms with Crippen LogP contribution in [0.15, 0.2) is 66.1 Å². The van der Waals surface area contributed by atoms with Crippen LogP contribution in [0.25, 0.3) is 5.69 Å². The molecular weight excluding hydrogens is 395 g/mol. The number of amides is 1. The number of aromatic nitrogens is 2. The second kappa shape index (κ2) is 9.52. The fourth-order valence-corrected chi connectivity index (χ4v) is 3.16. The molecule has 3 aromatic rings. The predicted octanol–water partition coefficient (Wildman–Crippen LogP) is 3.16. The Morgan fingerprint density at radius 2 is 2.07 bits per heavy atom. The smallest absolute Gasteiger partial charge is 0.316 e. The molecule has 9 heteroatoms. The number of carbonyl (C=O) groups is 2. The predicted molar refractivity (Wildman–Crippen MR) is 105 cm³/mol. The molecule has 1 N–H and O–H groups in total. The Hall–Kier alpha value is -3.64. The van der Waals surface area contributed by atoms with Gasteiger partial charge < -0.3 is 10.1 Å². The number of hydrogen-bond acceptors (Lipinski definition) is 6. The van der Waals surface area contributed by atoms with Gasteiger partial charge in [-0.1, -0.05) is 23.9 Å². The number of ether oxygens (including phenoxy) is 1. The Morgan fingerprint density at radius 1 is 1.24 bits per heavy atom. The number of nitrogens with one attached hydrogen (secondary N) is 1. The summed E-state index contributed by atoms with van der Waals surface area (Å²) < 4.78 is 20.0. The van der Waals surface area contributed by atoms with Crippen LogP contribution < -0.4 is 5.32 Å². The number of nitriles is 1. The van der Waals surface area contributed by atoms with Crippen LogP contribution in [0, 0.1) is 17.1 Å². The number of nitrogens with zero attached hydrogens (tertiary/aromatic N) is 3. The standard InChI is InChI=1S/C20H15FN4O3S/c21-15-4-2-6-17(10-15)25-8-7-23-20(25)29-13-19(27)28-12-18(26)24-16-5-1-3-14(9-16)11-22/h1-10H,12-13H2,(H,24,26). The molecule has 0 aliphatic carbocycles. The molecule has 1 aromatic heterocycles. The first-order valence-corrected chi connectivity index (χ1v) is 9.41. The normalized spacial score (nSPS) is 10.2. The number of hydrogen-bond donors (Lipinski definition) is 1. The molecule has 0 aliphatic heterocycles. The molecule has 0 unspecified atom stereocenters. The topological polar surface area (TPSA) is 97.0 Å². The molecule has 0 spiro atoms. The summed E-state index contributed by atoms with van der Waals surface area (Å²) >= 11 is 1.11. The first kappa shape index (κ1) is 20.1. The van der Waals surface area contributed by atoms with Gasteiger partial charge in [-0.05, 0) is 36.4 Å². The van der Waals surface area contributed by atoms with Crippen LogP contribution >= 0.6 is 11.8 Å². The molecular formula is C20H15FN4O3S. The van der Waals surface area contributed by atoms with Gasteiger partial charge in [0.15, 0.2) is 11.8 Å². The zero-order chi connectivity index (χ0) is 20.6. The Balaban J connectivity index is 1.49. The average molecular weight is 410 g/mol. The van der Waals surface area contributed by atoms with E-state index in [1.165, 1.54) is 18.2 Å². The number of rotatable bonds is 7. The minimum absolute atomic E-state index is 0.0659. The lowest BCUT2D eigenvalue weighted by molar-refractivity contribution is -0.144. The van der Waals surface area contributed by atoms with E-state index in [2.05, 4.69) is 10.3 Å². The van der Waals surface area contributed by atoms with Crippen LogP contribution in [-0.4, -0.2) is 33.8 Å². The molecule has 2 aromatic carbocycles. The first-order chi connectivity index (χ1) is 14.0. The number of anilines is 1. The third kappa shape index (κ3) is 5.67. The highest BCUT2D eigenvalue weighted by Crippen LogP contribution is 2.21. The average Bonchev–Trinajstić information content (AvgIpc) is 3.19. The van der Waals surface area contributed by atoms with Crippen molar-refractivity contribution in [1.82, 2.24) is 9.55 Å². The van der Waals surface area contributed by atoms with Gasteiger partial charge in [0.2, 0.25) is 0 Å². The number of esters is 1. The van der Waals surface area contributed by atoms with Crippen LogP contribution in [0.5, 0.6) is 0 Å². The van der Waals surface area contributed by atoms with Crippen molar-refractivity contribution in [2.24, 2.45) is 0 Å². The molecule has 0 aliphatic rings. The summed E-state index contributed by atoms with van der Waals surface area (Å²) in [4.78, 5) is 28.0. The lowest BCUT2D eigenvalue weighted by Gasteiger charge is -2.08. The van der Waals surface area contributed by atoms with E-state index in [1.54, 1.807) is 47.3 Å². The Labute approximate surface area is 170 Å². The van der Waals surface area contributed by atoms with Crippen LogP contribution in [0.3, 0.4) is 0 Å². The third-order valence-corrected chi connectivity index (χ3v) is 4.59.